The fourth-order valence-electron chi connectivity index (χ4n) is 3.33. The maximum atomic E-state index is 4.19. The van der Waals surface area contributed by atoms with Crippen molar-refractivity contribution in [1.29, 1.82) is 0 Å². The van der Waals surface area contributed by atoms with Crippen molar-refractivity contribution in [3.05, 3.63) is 12.2 Å². The number of fused-ring (bicyclic) bond motifs is 2. The first-order valence-corrected chi connectivity index (χ1v) is 5.02. The monoisotopic (exact) mass is 148 g/mol. The van der Waals surface area contributed by atoms with Gasteiger partial charge < -0.3 is 0 Å². The van der Waals surface area contributed by atoms with E-state index in [-0.39, 0.29) is 0 Å². The van der Waals surface area contributed by atoms with E-state index in [0.717, 1.165) is 23.7 Å². The third-order valence-corrected chi connectivity index (χ3v) is 4.16. The summed E-state index contributed by atoms with van der Waals surface area (Å²) < 4.78 is 0. The van der Waals surface area contributed by atoms with Crippen LogP contribution in [0, 0.1) is 23.7 Å². The molecule has 60 valence electrons. The molecule has 0 heteroatoms. The summed E-state index contributed by atoms with van der Waals surface area (Å²) in [6.45, 7) is 4.19. The van der Waals surface area contributed by atoms with Gasteiger partial charge >= 0.3 is 0 Å². The van der Waals surface area contributed by atoms with Crippen LogP contribution >= 0.6 is 0 Å². The Kier molecular flexibility index (Phi) is 1.09. The van der Waals surface area contributed by atoms with Gasteiger partial charge in [-0.15, -0.1) is 0 Å². The normalized spacial score (nSPS) is 53.6. The van der Waals surface area contributed by atoms with E-state index >= 15 is 0 Å². The fourth-order valence-corrected chi connectivity index (χ4v) is 3.33. The summed E-state index contributed by atoms with van der Waals surface area (Å²) >= 11 is 0. The van der Waals surface area contributed by atoms with Crippen LogP contribution in [0.15, 0.2) is 12.2 Å². The summed E-state index contributed by atoms with van der Waals surface area (Å²) in [6, 6.07) is 0. The molecule has 0 amide bonds. The van der Waals surface area contributed by atoms with Gasteiger partial charge in [-0.25, -0.2) is 0 Å². The summed E-state index contributed by atoms with van der Waals surface area (Å²) in [7, 11) is 0. The standard InChI is InChI=1S/C11H16/c1-7-2-3-8-4-9-5-10(9)6-11(7)8/h8-11H,1-6H2. The lowest BCUT2D eigenvalue weighted by atomic mass is 9.81. The summed E-state index contributed by atoms with van der Waals surface area (Å²) in [5.41, 5.74) is 1.58. The predicted molar refractivity (Wildman–Crippen MR) is 46.2 cm³/mol. The molecular formula is C11H16. The molecule has 0 spiro atoms. The number of hydrogen-bond acceptors (Lipinski definition) is 0. The summed E-state index contributed by atoms with van der Waals surface area (Å²) in [5.74, 6) is 4.30. The van der Waals surface area contributed by atoms with Crippen molar-refractivity contribution in [3.63, 3.8) is 0 Å². The summed E-state index contributed by atoms with van der Waals surface area (Å²) in [5, 5.41) is 0. The van der Waals surface area contributed by atoms with Crippen LogP contribution in [-0.4, -0.2) is 0 Å². The van der Waals surface area contributed by atoms with Crippen molar-refractivity contribution in [2.45, 2.75) is 32.1 Å². The van der Waals surface area contributed by atoms with E-state index in [2.05, 4.69) is 6.58 Å². The molecule has 0 aromatic rings. The first kappa shape index (κ1) is 6.28. The molecule has 0 radical (unpaired) electrons. The molecule has 0 N–H and O–H groups in total. The molecule has 11 heavy (non-hydrogen) atoms. The second-order valence-corrected chi connectivity index (χ2v) is 4.79. The molecule has 0 saturated heterocycles. The van der Waals surface area contributed by atoms with E-state index in [0.29, 0.717) is 0 Å². The highest BCUT2D eigenvalue weighted by molar-refractivity contribution is 5.14. The topological polar surface area (TPSA) is 0 Å². The van der Waals surface area contributed by atoms with Gasteiger partial charge in [-0.3, -0.25) is 0 Å². The van der Waals surface area contributed by atoms with Crippen molar-refractivity contribution < 1.29 is 0 Å². The molecule has 0 nitrogen and oxygen atoms in total. The van der Waals surface area contributed by atoms with Crippen LogP contribution in [0.1, 0.15) is 32.1 Å². The lowest BCUT2D eigenvalue weighted by Crippen LogP contribution is -2.15. The van der Waals surface area contributed by atoms with Gasteiger partial charge in [-0.05, 0) is 55.8 Å². The quantitative estimate of drug-likeness (QED) is 0.463. The first-order valence-electron chi connectivity index (χ1n) is 5.02. The molecule has 3 aliphatic rings. The van der Waals surface area contributed by atoms with Crippen molar-refractivity contribution >= 4 is 0 Å². The molecule has 4 unspecified atom stereocenters. The number of rotatable bonds is 0. The van der Waals surface area contributed by atoms with E-state index < -0.39 is 0 Å². The van der Waals surface area contributed by atoms with Crippen LogP contribution in [0.4, 0.5) is 0 Å². The lowest BCUT2D eigenvalue weighted by molar-refractivity contribution is 0.290. The largest absolute Gasteiger partial charge is 0.0996 e. The Morgan fingerprint density at radius 1 is 1.00 bits per heavy atom. The van der Waals surface area contributed by atoms with Crippen molar-refractivity contribution in [1.82, 2.24) is 0 Å². The molecule has 0 bridgehead atoms. The molecule has 0 heterocycles. The Hall–Kier alpha value is -0.260. The zero-order valence-electron chi connectivity index (χ0n) is 7.05. The van der Waals surface area contributed by atoms with E-state index in [1.165, 1.54) is 19.3 Å². The molecule has 3 fully saturated rings. The van der Waals surface area contributed by atoms with Crippen LogP contribution in [-0.2, 0) is 0 Å². The van der Waals surface area contributed by atoms with Gasteiger partial charge in [0.1, 0.15) is 0 Å². The molecule has 4 atom stereocenters. The third kappa shape index (κ3) is 0.816. The van der Waals surface area contributed by atoms with E-state index in [1.807, 2.05) is 0 Å². The van der Waals surface area contributed by atoms with Gasteiger partial charge in [0.05, 0.1) is 0 Å². The Bertz CT molecular complexity index is 204. The smallest absolute Gasteiger partial charge is 0.0175 e. The molecule has 3 rings (SSSR count). The Balaban J connectivity index is 1.84. The molecular weight excluding hydrogens is 132 g/mol. The Morgan fingerprint density at radius 3 is 2.64 bits per heavy atom. The van der Waals surface area contributed by atoms with Gasteiger partial charge in [0, 0.05) is 0 Å². The van der Waals surface area contributed by atoms with Crippen molar-refractivity contribution in [2.24, 2.45) is 23.7 Å². The zero-order chi connectivity index (χ0) is 7.42. The van der Waals surface area contributed by atoms with Crippen LogP contribution in [0.2, 0.25) is 0 Å². The fraction of sp³-hybridized carbons (Fsp3) is 0.818. The average molecular weight is 148 g/mol. The highest BCUT2D eigenvalue weighted by Crippen LogP contribution is 2.58. The summed E-state index contributed by atoms with van der Waals surface area (Å²) in [6.07, 6.45) is 7.42. The van der Waals surface area contributed by atoms with Gasteiger partial charge in [-0.2, -0.15) is 0 Å². The van der Waals surface area contributed by atoms with Gasteiger partial charge in [-0.1, -0.05) is 12.2 Å². The molecule has 0 aromatic carbocycles. The average Bonchev–Trinajstić information content (AvgIpc) is 2.68. The lowest BCUT2D eigenvalue weighted by Gasteiger charge is -2.24. The van der Waals surface area contributed by atoms with Crippen molar-refractivity contribution in [3.8, 4) is 0 Å². The second-order valence-electron chi connectivity index (χ2n) is 4.79. The summed E-state index contributed by atoms with van der Waals surface area (Å²) in [4.78, 5) is 0. The highest BCUT2D eigenvalue weighted by atomic mass is 14.5. The highest BCUT2D eigenvalue weighted by Gasteiger charge is 2.48. The predicted octanol–water partition coefficient (Wildman–Crippen LogP) is 3.00. The minimum atomic E-state index is 0.957. The molecule has 3 saturated carbocycles. The third-order valence-electron chi connectivity index (χ3n) is 4.16. The SMILES string of the molecule is C=C1CCC2CC3CC3CC12. The first-order chi connectivity index (χ1) is 5.34. The minimum absolute atomic E-state index is 0.957. The van der Waals surface area contributed by atoms with E-state index in [4.69, 9.17) is 0 Å². The van der Waals surface area contributed by atoms with Gasteiger partial charge in [0.15, 0.2) is 0 Å². The van der Waals surface area contributed by atoms with Crippen LogP contribution < -0.4 is 0 Å². The van der Waals surface area contributed by atoms with E-state index in [1.54, 1.807) is 18.4 Å². The maximum Gasteiger partial charge on any atom is -0.0175 e. The number of hydrogen-bond donors (Lipinski definition) is 0. The van der Waals surface area contributed by atoms with E-state index in [9.17, 15) is 0 Å². The van der Waals surface area contributed by atoms with Crippen LogP contribution in [0.5, 0.6) is 0 Å². The van der Waals surface area contributed by atoms with Crippen LogP contribution in [0.25, 0.3) is 0 Å². The second kappa shape index (κ2) is 1.91. The molecule has 0 aromatic heterocycles. The van der Waals surface area contributed by atoms with Crippen LogP contribution in [0.3, 0.4) is 0 Å². The Morgan fingerprint density at radius 2 is 1.73 bits per heavy atom. The molecule has 0 aliphatic heterocycles. The maximum absolute atomic E-state index is 4.19. The van der Waals surface area contributed by atoms with Gasteiger partial charge in [0.2, 0.25) is 0 Å². The minimum Gasteiger partial charge on any atom is -0.0996 e. The Labute approximate surface area is 68.7 Å². The number of allylic oxidation sites excluding steroid dienone is 1. The van der Waals surface area contributed by atoms with Gasteiger partial charge in [0.25, 0.3) is 0 Å². The zero-order valence-corrected chi connectivity index (χ0v) is 7.05. The van der Waals surface area contributed by atoms with Crippen molar-refractivity contribution in [2.75, 3.05) is 0 Å². The molecule has 3 aliphatic carbocycles.